The molecule has 144 valence electrons. The molecule has 1 aliphatic heterocycles. The normalized spacial score (nSPS) is 14.9. The number of nitrogens with one attached hydrogen (secondary N) is 1. The summed E-state index contributed by atoms with van der Waals surface area (Å²) >= 11 is 0. The van der Waals surface area contributed by atoms with Gasteiger partial charge in [-0.25, -0.2) is 0 Å². The van der Waals surface area contributed by atoms with Crippen LogP contribution in [0.5, 0.6) is 5.75 Å². The number of piperazine rings is 1. The number of carbonyl (C=O) groups excluding carboxylic acids is 1. The molecule has 1 heterocycles. The lowest BCUT2D eigenvalue weighted by molar-refractivity contribution is -0.120. The summed E-state index contributed by atoms with van der Waals surface area (Å²) in [5, 5.41) is 3.01. The molecule has 3 rings (SSSR count). The second-order valence-corrected chi connectivity index (χ2v) is 7.21. The highest BCUT2D eigenvalue weighted by atomic mass is 16.5. The number of benzene rings is 2. The molecule has 27 heavy (non-hydrogen) atoms. The van der Waals surface area contributed by atoms with Crippen LogP contribution in [0.25, 0.3) is 0 Å². The average Bonchev–Trinajstić information content (AvgIpc) is 2.68. The van der Waals surface area contributed by atoms with Crippen molar-refractivity contribution in [2.45, 2.75) is 19.9 Å². The predicted octanol–water partition coefficient (Wildman–Crippen LogP) is 2.61. The van der Waals surface area contributed by atoms with E-state index in [1.165, 1.54) is 5.69 Å². The molecule has 1 N–H and O–H groups in total. The first-order valence-corrected chi connectivity index (χ1v) is 9.48. The first-order chi connectivity index (χ1) is 13.0. The van der Waals surface area contributed by atoms with Gasteiger partial charge in [0.2, 0.25) is 5.91 Å². The monoisotopic (exact) mass is 367 g/mol. The zero-order chi connectivity index (χ0) is 19.2. The van der Waals surface area contributed by atoms with Gasteiger partial charge in [0.25, 0.3) is 0 Å². The van der Waals surface area contributed by atoms with Crippen LogP contribution in [-0.4, -0.2) is 51.1 Å². The fourth-order valence-electron chi connectivity index (χ4n) is 3.39. The van der Waals surface area contributed by atoms with Gasteiger partial charge >= 0.3 is 0 Å². The summed E-state index contributed by atoms with van der Waals surface area (Å²) < 4.78 is 5.26. The minimum Gasteiger partial charge on any atom is -0.496 e. The van der Waals surface area contributed by atoms with Crippen molar-refractivity contribution in [2.24, 2.45) is 0 Å². The SMILES string of the molecule is COc1ccc(CC(=O)NCc2ccc(N3CCN(C)CC3)cc2)cc1C. The quantitative estimate of drug-likeness (QED) is 0.853. The van der Waals surface area contributed by atoms with Crippen LogP contribution in [0.3, 0.4) is 0 Å². The Hall–Kier alpha value is -2.53. The first kappa shape index (κ1) is 19.2. The number of methoxy groups -OCH3 is 1. The number of likely N-dealkylation sites (N-methyl/N-ethyl adjacent to an activating group) is 1. The van der Waals surface area contributed by atoms with Crippen molar-refractivity contribution >= 4 is 11.6 Å². The molecule has 1 saturated heterocycles. The summed E-state index contributed by atoms with van der Waals surface area (Å²) in [5.74, 6) is 0.877. The molecule has 0 aliphatic carbocycles. The van der Waals surface area contributed by atoms with E-state index in [0.717, 1.165) is 48.6 Å². The molecule has 0 saturated carbocycles. The molecule has 1 aliphatic rings. The van der Waals surface area contributed by atoms with Gasteiger partial charge in [-0.1, -0.05) is 24.3 Å². The molecule has 0 spiro atoms. The summed E-state index contributed by atoms with van der Waals surface area (Å²) in [4.78, 5) is 17.0. The van der Waals surface area contributed by atoms with Gasteiger partial charge in [0.1, 0.15) is 5.75 Å². The van der Waals surface area contributed by atoms with E-state index in [1.807, 2.05) is 25.1 Å². The van der Waals surface area contributed by atoms with E-state index in [-0.39, 0.29) is 5.91 Å². The molecule has 0 aromatic heterocycles. The third kappa shape index (κ3) is 5.23. The standard InChI is InChI=1S/C22H29N3O2/c1-17-14-19(6-9-21(17)27-3)15-22(26)23-16-18-4-7-20(8-5-18)25-12-10-24(2)11-13-25/h4-9,14H,10-13,15-16H2,1-3H3,(H,23,26). The van der Waals surface area contributed by atoms with Crippen molar-refractivity contribution in [1.29, 1.82) is 0 Å². The Morgan fingerprint density at radius 2 is 1.70 bits per heavy atom. The number of anilines is 1. The Morgan fingerprint density at radius 1 is 1.04 bits per heavy atom. The zero-order valence-corrected chi connectivity index (χ0v) is 16.5. The maximum absolute atomic E-state index is 12.2. The lowest BCUT2D eigenvalue weighted by atomic mass is 10.1. The summed E-state index contributed by atoms with van der Waals surface area (Å²) in [5.41, 5.74) is 4.41. The molecular weight excluding hydrogens is 338 g/mol. The smallest absolute Gasteiger partial charge is 0.224 e. The van der Waals surface area contributed by atoms with E-state index in [9.17, 15) is 4.79 Å². The van der Waals surface area contributed by atoms with Gasteiger partial charge in [0.05, 0.1) is 13.5 Å². The van der Waals surface area contributed by atoms with Crippen molar-refractivity contribution in [2.75, 3.05) is 45.2 Å². The van der Waals surface area contributed by atoms with Crippen LogP contribution < -0.4 is 15.0 Å². The molecule has 2 aromatic carbocycles. The minimum absolute atomic E-state index is 0.0303. The van der Waals surface area contributed by atoms with E-state index < -0.39 is 0 Å². The maximum atomic E-state index is 12.2. The highest BCUT2D eigenvalue weighted by Gasteiger charge is 2.14. The average molecular weight is 367 g/mol. The van der Waals surface area contributed by atoms with Crippen molar-refractivity contribution in [3.63, 3.8) is 0 Å². The van der Waals surface area contributed by atoms with E-state index in [0.29, 0.717) is 13.0 Å². The van der Waals surface area contributed by atoms with E-state index in [2.05, 4.69) is 46.4 Å². The van der Waals surface area contributed by atoms with E-state index in [1.54, 1.807) is 7.11 Å². The molecule has 0 bridgehead atoms. The fourth-order valence-corrected chi connectivity index (χ4v) is 3.39. The van der Waals surface area contributed by atoms with Crippen LogP contribution in [0.15, 0.2) is 42.5 Å². The highest BCUT2D eigenvalue weighted by Crippen LogP contribution is 2.19. The van der Waals surface area contributed by atoms with Gasteiger partial charge in [0, 0.05) is 38.4 Å². The highest BCUT2D eigenvalue weighted by molar-refractivity contribution is 5.78. The van der Waals surface area contributed by atoms with Crippen LogP contribution in [0.4, 0.5) is 5.69 Å². The number of carbonyl (C=O) groups is 1. The van der Waals surface area contributed by atoms with Gasteiger partial charge < -0.3 is 19.9 Å². The number of ether oxygens (including phenoxy) is 1. The van der Waals surface area contributed by atoms with E-state index in [4.69, 9.17) is 4.74 Å². The van der Waals surface area contributed by atoms with Gasteiger partial charge in [-0.15, -0.1) is 0 Å². The molecule has 0 atom stereocenters. The number of nitrogens with zero attached hydrogens (tertiary/aromatic N) is 2. The lowest BCUT2D eigenvalue weighted by Crippen LogP contribution is -2.44. The number of aryl methyl sites for hydroxylation is 1. The third-order valence-electron chi connectivity index (χ3n) is 5.12. The van der Waals surface area contributed by atoms with Crippen LogP contribution in [0.2, 0.25) is 0 Å². The Balaban J connectivity index is 1.49. The Kier molecular flexibility index (Phi) is 6.35. The third-order valence-corrected chi connectivity index (χ3v) is 5.12. The van der Waals surface area contributed by atoms with Crippen LogP contribution in [0.1, 0.15) is 16.7 Å². The van der Waals surface area contributed by atoms with Gasteiger partial charge in [0.15, 0.2) is 0 Å². The van der Waals surface area contributed by atoms with Gasteiger partial charge in [-0.3, -0.25) is 4.79 Å². The molecule has 2 aromatic rings. The van der Waals surface area contributed by atoms with Crippen molar-refractivity contribution < 1.29 is 9.53 Å². The molecule has 1 fully saturated rings. The fraction of sp³-hybridized carbons (Fsp3) is 0.409. The maximum Gasteiger partial charge on any atom is 0.224 e. The van der Waals surface area contributed by atoms with Crippen LogP contribution >= 0.6 is 0 Å². The number of rotatable bonds is 6. The number of hydrogen-bond donors (Lipinski definition) is 1. The Morgan fingerprint density at radius 3 is 2.33 bits per heavy atom. The summed E-state index contributed by atoms with van der Waals surface area (Å²) in [7, 11) is 3.82. The predicted molar refractivity (Wildman–Crippen MR) is 109 cm³/mol. The number of amides is 1. The summed E-state index contributed by atoms with van der Waals surface area (Å²) in [6.07, 6.45) is 0.379. The van der Waals surface area contributed by atoms with Gasteiger partial charge in [-0.05, 0) is 48.9 Å². The van der Waals surface area contributed by atoms with Crippen LogP contribution in [0, 0.1) is 6.92 Å². The zero-order valence-electron chi connectivity index (χ0n) is 16.5. The molecule has 1 amide bonds. The minimum atomic E-state index is 0.0303. The summed E-state index contributed by atoms with van der Waals surface area (Å²) in [6.45, 7) is 6.87. The second-order valence-electron chi connectivity index (χ2n) is 7.21. The topological polar surface area (TPSA) is 44.8 Å². The molecular formula is C22H29N3O2. The Bertz CT molecular complexity index is 766. The lowest BCUT2D eigenvalue weighted by Gasteiger charge is -2.34. The summed E-state index contributed by atoms with van der Waals surface area (Å²) in [6, 6.07) is 14.4. The molecule has 5 nitrogen and oxygen atoms in total. The van der Waals surface area contributed by atoms with Crippen molar-refractivity contribution in [3.8, 4) is 5.75 Å². The molecule has 0 unspecified atom stereocenters. The van der Waals surface area contributed by atoms with Crippen LogP contribution in [-0.2, 0) is 17.8 Å². The van der Waals surface area contributed by atoms with Gasteiger partial charge in [-0.2, -0.15) is 0 Å². The molecule has 0 radical (unpaired) electrons. The largest absolute Gasteiger partial charge is 0.496 e. The first-order valence-electron chi connectivity index (χ1n) is 9.48. The van der Waals surface area contributed by atoms with Crippen molar-refractivity contribution in [1.82, 2.24) is 10.2 Å². The van der Waals surface area contributed by atoms with Crippen molar-refractivity contribution in [3.05, 3.63) is 59.2 Å². The second kappa shape index (κ2) is 8.91. The Labute approximate surface area is 161 Å². The number of hydrogen-bond acceptors (Lipinski definition) is 4. The molecule has 5 heteroatoms. The van der Waals surface area contributed by atoms with E-state index >= 15 is 0 Å².